The molecule has 4 nitrogen and oxygen atoms in total. The van der Waals surface area contributed by atoms with E-state index in [-0.39, 0.29) is 5.41 Å². The second kappa shape index (κ2) is 10.3. The highest BCUT2D eigenvalue weighted by atomic mass is 16.5. The molecule has 0 aromatic heterocycles. The van der Waals surface area contributed by atoms with Gasteiger partial charge in [-0.1, -0.05) is 24.3 Å². The normalized spacial score (nSPS) is 21.0. The highest BCUT2D eigenvalue weighted by Gasteiger charge is 2.35. The Morgan fingerprint density at radius 3 is 2.06 bits per heavy atom. The summed E-state index contributed by atoms with van der Waals surface area (Å²) in [5, 5.41) is 23.7. The van der Waals surface area contributed by atoms with Gasteiger partial charge in [-0.3, -0.25) is 0 Å². The molecular weight excluding hydrogens is 384 g/mol. The van der Waals surface area contributed by atoms with Crippen LogP contribution in [-0.2, 0) is 10.2 Å². The summed E-state index contributed by atoms with van der Waals surface area (Å²) < 4.78 is 6.07. The Bertz CT molecular complexity index is 900. The SMILES string of the molecule is Cc1cc(C2(c3cc(C)c(C#N)c(C)c3)CCNCCCCCOCC2)cc(C)c1O. The van der Waals surface area contributed by atoms with Crippen molar-refractivity contribution in [2.24, 2.45) is 0 Å². The van der Waals surface area contributed by atoms with Crippen LogP contribution in [0, 0.1) is 39.0 Å². The lowest BCUT2D eigenvalue weighted by molar-refractivity contribution is 0.112. The van der Waals surface area contributed by atoms with E-state index in [0.717, 1.165) is 66.8 Å². The van der Waals surface area contributed by atoms with Gasteiger partial charge in [-0.05, 0) is 106 Å². The molecule has 4 heteroatoms. The zero-order valence-electron chi connectivity index (χ0n) is 19.5. The number of phenols is 1. The molecule has 0 amide bonds. The fraction of sp³-hybridized carbons (Fsp3) is 0.519. The van der Waals surface area contributed by atoms with Crippen LogP contribution in [0.2, 0.25) is 0 Å². The predicted octanol–water partition coefficient (Wildman–Crippen LogP) is 5.35. The molecule has 1 saturated heterocycles. The van der Waals surface area contributed by atoms with Gasteiger partial charge < -0.3 is 15.2 Å². The predicted molar refractivity (Wildman–Crippen MR) is 126 cm³/mol. The lowest BCUT2D eigenvalue weighted by atomic mass is 9.68. The van der Waals surface area contributed by atoms with Gasteiger partial charge >= 0.3 is 0 Å². The average molecular weight is 421 g/mol. The molecular formula is C27H36N2O2. The van der Waals surface area contributed by atoms with Crippen molar-refractivity contribution in [2.75, 3.05) is 26.3 Å². The number of ether oxygens (including phenoxy) is 1. The number of phenolic OH excluding ortho intramolecular Hbond substituents is 1. The summed E-state index contributed by atoms with van der Waals surface area (Å²) in [6.45, 7) is 11.4. The molecule has 1 atom stereocenters. The lowest BCUT2D eigenvalue weighted by Gasteiger charge is -2.37. The second-order valence-corrected chi connectivity index (χ2v) is 9.06. The molecule has 2 aromatic rings. The first-order valence-electron chi connectivity index (χ1n) is 11.5. The van der Waals surface area contributed by atoms with Crippen LogP contribution in [0.15, 0.2) is 24.3 Å². The Morgan fingerprint density at radius 2 is 1.45 bits per heavy atom. The van der Waals surface area contributed by atoms with E-state index in [9.17, 15) is 10.4 Å². The minimum Gasteiger partial charge on any atom is -0.507 e. The van der Waals surface area contributed by atoms with E-state index in [2.05, 4.69) is 35.7 Å². The molecule has 2 N–H and O–H groups in total. The maximum absolute atomic E-state index is 10.4. The fourth-order valence-corrected chi connectivity index (χ4v) is 4.92. The van der Waals surface area contributed by atoms with Crippen molar-refractivity contribution >= 4 is 0 Å². The van der Waals surface area contributed by atoms with Gasteiger partial charge in [0.1, 0.15) is 5.75 Å². The van der Waals surface area contributed by atoms with Crippen LogP contribution in [-0.4, -0.2) is 31.4 Å². The third-order valence-electron chi connectivity index (χ3n) is 6.78. The highest BCUT2D eigenvalue weighted by Crippen LogP contribution is 2.42. The fourth-order valence-electron chi connectivity index (χ4n) is 4.92. The van der Waals surface area contributed by atoms with Crippen LogP contribution >= 0.6 is 0 Å². The molecule has 2 aromatic carbocycles. The standard InChI is InChI=1S/C27H36N2O2/c1-19-14-23(15-20(2)25(19)18-28)27(24-16-21(3)26(30)22(4)17-24)8-11-29-10-6-5-7-12-31-13-9-27/h14-17,29-30H,5-13H2,1-4H3. The Kier molecular flexibility index (Phi) is 7.75. The number of hydrogen-bond donors (Lipinski definition) is 2. The van der Waals surface area contributed by atoms with Gasteiger partial charge in [0.2, 0.25) is 0 Å². The first-order valence-corrected chi connectivity index (χ1v) is 11.5. The van der Waals surface area contributed by atoms with E-state index in [1.165, 1.54) is 24.0 Å². The van der Waals surface area contributed by atoms with Crippen molar-refractivity contribution in [1.82, 2.24) is 5.32 Å². The average Bonchev–Trinajstić information content (AvgIpc) is 2.72. The Hall–Kier alpha value is -2.35. The summed E-state index contributed by atoms with van der Waals surface area (Å²) >= 11 is 0. The first kappa shape index (κ1) is 23.3. The van der Waals surface area contributed by atoms with Crippen molar-refractivity contribution in [2.45, 2.75) is 65.2 Å². The van der Waals surface area contributed by atoms with Gasteiger partial charge in [0.15, 0.2) is 0 Å². The number of nitrogens with zero attached hydrogens (tertiary/aromatic N) is 1. The van der Waals surface area contributed by atoms with E-state index in [4.69, 9.17) is 4.74 Å². The number of rotatable bonds is 2. The van der Waals surface area contributed by atoms with Gasteiger partial charge in [-0.25, -0.2) is 0 Å². The molecule has 0 bridgehead atoms. The number of aromatic hydroxyl groups is 1. The number of nitriles is 1. The first-order chi connectivity index (χ1) is 14.9. The molecule has 0 radical (unpaired) electrons. The molecule has 0 aliphatic carbocycles. The number of nitrogens with one attached hydrogen (secondary N) is 1. The van der Waals surface area contributed by atoms with Crippen LogP contribution in [0.4, 0.5) is 0 Å². The molecule has 1 heterocycles. The second-order valence-electron chi connectivity index (χ2n) is 9.06. The lowest BCUT2D eigenvalue weighted by Crippen LogP contribution is -2.35. The molecule has 3 rings (SSSR count). The minimum absolute atomic E-state index is 0.251. The Labute approximate surface area is 187 Å². The Balaban J connectivity index is 2.17. The summed E-state index contributed by atoms with van der Waals surface area (Å²) in [5.74, 6) is 0.369. The highest BCUT2D eigenvalue weighted by molar-refractivity contribution is 5.53. The van der Waals surface area contributed by atoms with Crippen molar-refractivity contribution < 1.29 is 9.84 Å². The monoisotopic (exact) mass is 420 g/mol. The zero-order chi connectivity index (χ0) is 22.4. The Morgan fingerprint density at radius 1 is 0.839 bits per heavy atom. The summed E-state index contributed by atoms with van der Waals surface area (Å²) in [7, 11) is 0. The van der Waals surface area contributed by atoms with Gasteiger partial charge in [0.05, 0.1) is 11.6 Å². The van der Waals surface area contributed by atoms with Crippen molar-refractivity contribution in [1.29, 1.82) is 5.26 Å². The topological polar surface area (TPSA) is 65.3 Å². The van der Waals surface area contributed by atoms with Crippen LogP contribution < -0.4 is 5.32 Å². The van der Waals surface area contributed by atoms with Gasteiger partial charge in [0.25, 0.3) is 0 Å². The van der Waals surface area contributed by atoms with Crippen LogP contribution in [0.3, 0.4) is 0 Å². The minimum atomic E-state index is -0.251. The van der Waals surface area contributed by atoms with Gasteiger partial charge in [0, 0.05) is 18.6 Å². The maximum Gasteiger partial charge on any atom is 0.121 e. The summed E-state index contributed by atoms with van der Waals surface area (Å²) in [6, 6.07) is 11.0. The summed E-state index contributed by atoms with van der Waals surface area (Å²) in [6.07, 6.45) is 5.26. The number of hydrogen-bond acceptors (Lipinski definition) is 4. The molecule has 31 heavy (non-hydrogen) atoms. The molecule has 1 unspecified atom stereocenters. The summed E-state index contributed by atoms with van der Waals surface area (Å²) in [5.41, 5.74) is 6.79. The molecule has 1 aliphatic heterocycles. The maximum atomic E-state index is 10.4. The smallest absolute Gasteiger partial charge is 0.121 e. The van der Waals surface area contributed by atoms with Gasteiger partial charge in [-0.2, -0.15) is 5.26 Å². The number of aryl methyl sites for hydroxylation is 4. The molecule has 0 spiro atoms. The number of benzene rings is 2. The molecule has 166 valence electrons. The van der Waals surface area contributed by atoms with E-state index >= 15 is 0 Å². The van der Waals surface area contributed by atoms with E-state index in [1.54, 1.807) is 0 Å². The van der Waals surface area contributed by atoms with Crippen molar-refractivity contribution in [3.63, 3.8) is 0 Å². The van der Waals surface area contributed by atoms with Crippen LogP contribution in [0.25, 0.3) is 0 Å². The molecule has 1 fully saturated rings. The van der Waals surface area contributed by atoms with Crippen molar-refractivity contribution in [3.05, 3.63) is 63.2 Å². The van der Waals surface area contributed by atoms with Crippen molar-refractivity contribution in [3.8, 4) is 11.8 Å². The van der Waals surface area contributed by atoms with Crippen LogP contribution in [0.5, 0.6) is 5.75 Å². The molecule has 0 saturated carbocycles. The van der Waals surface area contributed by atoms with E-state index < -0.39 is 0 Å². The van der Waals surface area contributed by atoms with Gasteiger partial charge in [-0.15, -0.1) is 0 Å². The third-order valence-corrected chi connectivity index (χ3v) is 6.78. The van der Waals surface area contributed by atoms with E-state index in [1.807, 2.05) is 27.7 Å². The quantitative estimate of drug-likeness (QED) is 0.687. The third kappa shape index (κ3) is 5.11. The van der Waals surface area contributed by atoms with E-state index in [0.29, 0.717) is 12.4 Å². The zero-order valence-corrected chi connectivity index (χ0v) is 19.5. The molecule has 1 aliphatic rings. The summed E-state index contributed by atoms with van der Waals surface area (Å²) in [4.78, 5) is 0. The van der Waals surface area contributed by atoms with Crippen LogP contribution in [0.1, 0.15) is 71.0 Å². The largest absolute Gasteiger partial charge is 0.507 e.